The minimum absolute atomic E-state index is 0.308. The lowest BCUT2D eigenvalue weighted by Gasteiger charge is -2.13. The standard InChI is InChI=1S/C24H25N5O/c1-16(2)26-23-15-17(3)27-24(28-23)18-9-11-19(12-10-18)30-22-8-6-5-7-20(22)21-13-14-25-29(21)4/h5-16H,1-4H3,(H,26,27,28). The molecule has 0 atom stereocenters. The first kappa shape index (κ1) is 19.6. The highest BCUT2D eigenvalue weighted by Crippen LogP contribution is 2.33. The minimum Gasteiger partial charge on any atom is -0.457 e. The van der Waals surface area contributed by atoms with Crippen LogP contribution in [0.4, 0.5) is 5.82 Å². The van der Waals surface area contributed by atoms with E-state index in [1.807, 2.05) is 79.3 Å². The number of hydrogen-bond donors (Lipinski definition) is 1. The number of para-hydroxylation sites is 1. The zero-order chi connectivity index (χ0) is 21.1. The average Bonchev–Trinajstić information content (AvgIpc) is 3.14. The van der Waals surface area contributed by atoms with E-state index in [2.05, 4.69) is 34.2 Å². The minimum atomic E-state index is 0.308. The van der Waals surface area contributed by atoms with Gasteiger partial charge in [-0.2, -0.15) is 5.10 Å². The maximum absolute atomic E-state index is 6.18. The van der Waals surface area contributed by atoms with Gasteiger partial charge in [0.25, 0.3) is 0 Å². The van der Waals surface area contributed by atoms with E-state index in [4.69, 9.17) is 4.74 Å². The Bertz CT molecular complexity index is 1150. The molecule has 0 bridgehead atoms. The van der Waals surface area contributed by atoms with Crippen molar-refractivity contribution in [2.45, 2.75) is 26.8 Å². The summed E-state index contributed by atoms with van der Waals surface area (Å²) in [5.74, 6) is 3.06. The number of rotatable bonds is 6. The molecule has 0 aliphatic carbocycles. The highest BCUT2D eigenvalue weighted by Gasteiger charge is 2.11. The summed E-state index contributed by atoms with van der Waals surface area (Å²) in [6.07, 6.45) is 1.78. The number of aryl methyl sites for hydroxylation is 2. The van der Waals surface area contributed by atoms with Crippen molar-refractivity contribution < 1.29 is 4.74 Å². The van der Waals surface area contributed by atoms with E-state index in [9.17, 15) is 0 Å². The summed E-state index contributed by atoms with van der Waals surface area (Å²) in [4.78, 5) is 9.22. The van der Waals surface area contributed by atoms with Gasteiger partial charge in [0.05, 0.1) is 5.69 Å². The molecule has 30 heavy (non-hydrogen) atoms. The Hall–Kier alpha value is -3.67. The number of aromatic nitrogens is 4. The molecule has 2 aromatic carbocycles. The van der Waals surface area contributed by atoms with Gasteiger partial charge in [-0.05, 0) is 63.2 Å². The van der Waals surface area contributed by atoms with E-state index in [0.29, 0.717) is 11.9 Å². The second-order valence-electron chi connectivity index (χ2n) is 7.48. The number of nitrogens with zero attached hydrogens (tertiary/aromatic N) is 4. The summed E-state index contributed by atoms with van der Waals surface area (Å²) >= 11 is 0. The predicted octanol–water partition coefficient (Wildman–Crippen LogP) is 5.47. The van der Waals surface area contributed by atoms with Crippen LogP contribution in [0.5, 0.6) is 11.5 Å². The molecule has 4 rings (SSSR count). The highest BCUT2D eigenvalue weighted by atomic mass is 16.5. The van der Waals surface area contributed by atoms with Gasteiger partial charge in [-0.25, -0.2) is 9.97 Å². The molecule has 0 aliphatic rings. The fraction of sp³-hybridized carbons (Fsp3) is 0.208. The van der Waals surface area contributed by atoms with Crippen LogP contribution in [0.25, 0.3) is 22.6 Å². The fourth-order valence-electron chi connectivity index (χ4n) is 3.27. The first-order valence-corrected chi connectivity index (χ1v) is 9.97. The topological polar surface area (TPSA) is 64.9 Å². The van der Waals surface area contributed by atoms with Gasteiger partial charge < -0.3 is 10.1 Å². The van der Waals surface area contributed by atoms with Gasteiger partial charge >= 0.3 is 0 Å². The molecule has 1 N–H and O–H groups in total. The second-order valence-corrected chi connectivity index (χ2v) is 7.48. The SMILES string of the molecule is Cc1cc(NC(C)C)nc(-c2ccc(Oc3ccccc3-c3ccnn3C)cc2)n1. The maximum Gasteiger partial charge on any atom is 0.161 e. The van der Waals surface area contributed by atoms with Crippen molar-refractivity contribution in [1.29, 1.82) is 0 Å². The lowest BCUT2D eigenvalue weighted by Crippen LogP contribution is -2.12. The van der Waals surface area contributed by atoms with Crippen molar-refractivity contribution in [3.63, 3.8) is 0 Å². The van der Waals surface area contributed by atoms with Crippen molar-refractivity contribution in [1.82, 2.24) is 19.7 Å². The normalized spacial score (nSPS) is 11.0. The van der Waals surface area contributed by atoms with Gasteiger partial charge in [0.15, 0.2) is 5.82 Å². The van der Waals surface area contributed by atoms with Gasteiger partial charge in [0.1, 0.15) is 17.3 Å². The lowest BCUT2D eigenvalue weighted by molar-refractivity contribution is 0.484. The van der Waals surface area contributed by atoms with Gasteiger partial charge in [-0.3, -0.25) is 4.68 Å². The monoisotopic (exact) mass is 399 g/mol. The molecular weight excluding hydrogens is 374 g/mol. The molecule has 0 saturated carbocycles. The molecule has 2 aromatic heterocycles. The molecular formula is C24H25N5O. The smallest absolute Gasteiger partial charge is 0.161 e. The fourth-order valence-corrected chi connectivity index (χ4v) is 3.27. The predicted molar refractivity (Wildman–Crippen MR) is 120 cm³/mol. The van der Waals surface area contributed by atoms with Crippen LogP contribution in [-0.4, -0.2) is 25.8 Å². The van der Waals surface area contributed by atoms with Gasteiger partial charge in [-0.1, -0.05) is 12.1 Å². The Balaban J connectivity index is 1.59. The molecule has 0 radical (unpaired) electrons. The third-order valence-electron chi connectivity index (χ3n) is 4.62. The molecule has 6 heteroatoms. The van der Waals surface area contributed by atoms with Crippen LogP contribution in [0.2, 0.25) is 0 Å². The van der Waals surface area contributed by atoms with Crippen molar-refractivity contribution in [3.8, 4) is 34.1 Å². The molecule has 2 heterocycles. The van der Waals surface area contributed by atoms with E-state index in [1.54, 1.807) is 6.20 Å². The molecule has 0 aliphatic heterocycles. The number of anilines is 1. The summed E-state index contributed by atoms with van der Waals surface area (Å²) in [5.41, 5.74) is 3.86. The van der Waals surface area contributed by atoms with E-state index < -0.39 is 0 Å². The first-order valence-electron chi connectivity index (χ1n) is 9.97. The second kappa shape index (κ2) is 8.37. The summed E-state index contributed by atoms with van der Waals surface area (Å²) in [6.45, 7) is 6.16. The summed E-state index contributed by atoms with van der Waals surface area (Å²) in [6, 6.07) is 20.0. The summed E-state index contributed by atoms with van der Waals surface area (Å²) in [5, 5.41) is 7.60. The Morgan fingerprint density at radius 1 is 0.967 bits per heavy atom. The third-order valence-corrected chi connectivity index (χ3v) is 4.62. The van der Waals surface area contributed by atoms with E-state index in [-0.39, 0.29) is 0 Å². The zero-order valence-corrected chi connectivity index (χ0v) is 17.6. The number of benzene rings is 2. The van der Waals surface area contributed by atoms with Crippen LogP contribution in [0, 0.1) is 6.92 Å². The Morgan fingerprint density at radius 2 is 1.73 bits per heavy atom. The van der Waals surface area contributed by atoms with Crippen LogP contribution in [0.1, 0.15) is 19.5 Å². The molecule has 0 amide bonds. The van der Waals surface area contributed by atoms with Crippen molar-refractivity contribution in [2.24, 2.45) is 7.05 Å². The van der Waals surface area contributed by atoms with Crippen molar-refractivity contribution in [2.75, 3.05) is 5.32 Å². The van der Waals surface area contributed by atoms with Crippen LogP contribution in [0.15, 0.2) is 66.9 Å². The largest absolute Gasteiger partial charge is 0.457 e. The molecule has 0 unspecified atom stereocenters. The van der Waals surface area contributed by atoms with E-state index >= 15 is 0 Å². The Kier molecular flexibility index (Phi) is 5.48. The third kappa shape index (κ3) is 4.33. The van der Waals surface area contributed by atoms with Gasteiger partial charge in [0.2, 0.25) is 0 Å². The maximum atomic E-state index is 6.18. The van der Waals surface area contributed by atoms with E-state index in [1.165, 1.54) is 0 Å². The highest BCUT2D eigenvalue weighted by molar-refractivity contribution is 5.68. The van der Waals surface area contributed by atoms with Gasteiger partial charge in [-0.15, -0.1) is 0 Å². The molecule has 4 aromatic rings. The van der Waals surface area contributed by atoms with Gasteiger partial charge in [0, 0.05) is 42.2 Å². The molecule has 152 valence electrons. The Morgan fingerprint density at radius 3 is 2.43 bits per heavy atom. The van der Waals surface area contributed by atoms with Crippen molar-refractivity contribution >= 4 is 5.82 Å². The van der Waals surface area contributed by atoms with Crippen LogP contribution in [-0.2, 0) is 7.05 Å². The molecule has 0 fully saturated rings. The quantitative estimate of drug-likeness (QED) is 0.466. The van der Waals surface area contributed by atoms with Crippen molar-refractivity contribution in [3.05, 3.63) is 72.6 Å². The molecule has 0 spiro atoms. The lowest BCUT2D eigenvalue weighted by atomic mass is 10.1. The first-order chi connectivity index (χ1) is 14.5. The van der Waals surface area contributed by atoms with E-state index in [0.717, 1.165) is 39.8 Å². The number of nitrogens with one attached hydrogen (secondary N) is 1. The van der Waals surface area contributed by atoms with Crippen LogP contribution in [0.3, 0.4) is 0 Å². The number of hydrogen-bond acceptors (Lipinski definition) is 5. The summed E-state index contributed by atoms with van der Waals surface area (Å²) in [7, 11) is 1.92. The Labute approximate surface area is 176 Å². The average molecular weight is 399 g/mol. The number of ether oxygens (including phenoxy) is 1. The van der Waals surface area contributed by atoms with Crippen LogP contribution >= 0.6 is 0 Å². The summed E-state index contributed by atoms with van der Waals surface area (Å²) < 4.78 is 8.02. The van der Waals surface area contributed by atoms with Crippen LogP contribution < -0.4 is 10.1 Å². The zero-order valence-electron chi connectivity index (χ0n) is 17.6. The molecule has 6 nitrogen and oxygen atoms in total. The molecule has 0 saturated heterocycles.